The van der Waals surface area contributed by atoms with Gasteiger partial charge in [-0.2, -0.15) is 0 Å². The molecule has 0 bridgehead atoms. The first-order valence-corrected chi connectivity index (χ1v) is 7.00. The first-order chi connectivity index (χ1) is 7.65. The lowest BCUT2D eigenvalue weighted by Crippen LogP contribution is -1.96. The van der Waals surface area contributed by atoms with Crippen LogP contribution in [-0.4, -0.2) is 0 Å². The first kappa shape index (κ1) is 12.2. The van der Waals surface area contributed by atoms with Gasteiger partial charge in [0.25, 0.3) is 0 Å². The van der Waals surface area contributed by atoms with Crippen molar-refractivity contribution in [2.75, 3.05) is 5.32 Å². The Balaban J connectivity index is 2.02. The molecular weight excluding hydrogens is 329 g/mol. The van der Waals surface area contributed by atoms with Crippen molar-refractivity contribution in [3.05, 3.63) is 49.0 Å². The van der Waals surface area contributed by atoms with Crippen LogP contribution < -0.4 is 5.32 Å². The van der Waals surface area contributed by atoms with E-state index in [0.29, 0.717) is 5.02 Å². The maximum atomic E-state index is 5.99. The minimum atomic E-state index is 0.703. The quantitative estimate of drug-likeness (QED) is 0.788. The van der Waals surface area contributed by atoms with Crippen LogP contribution in [-0.2, 0) is 6.54 Å². The van der Waals surface area contributed by atoms with Crippen molar-refractivity contribution >= 4 is 56.2 Å². The van der Waals surface area contributed by atoms with Crippen molar-refractivity contribution in [1.29, 1.82) is 0 Å². The van der Waals surface area contributed by atoms with Crippen LogP contribution in [0.1, 0.15) is 4.88 Å². The fraction of sp³-hybridized carbons (Fsp3) is 0.0909. The molecule has 16 heavy (non-hydrogen) atoms. The standard InChI is InChI=1S/C11H8BrCl2NS/c12-10-2-1-8(4-11(10)14)15-5-9-3-7(13)6-16-9/h1-4,6,15H,5H2. The van der Waals surface area contributed by atoms with Crippen molar-refractivity contribution in [2.24, 2.45) is 0 Å². The van der Waals surface area contributed by atoms with Gasteiger partial charge in [-0.15, -0.1) is 11.3 Å². The monoisotopic (exact) mass is 335 g/mol. The number of benzene rings is 1. The molecule has 0 amide bonds. The van der Waals surface area contributed by atoms with E-state index in [9.17, 15) is 0 Å². The Bertz CT molecular complexity index is 498. The normalized spacial score (nSPS) is 10.4. The summed E-state index contributed by atoms with van der Waals surface area (Å²) in [6, 6.07) is 7.75. The van der Waals surface area contributed by atoms with Gasteiger partial charge in [0.2, 0.25) is 0 Å². The third-order valence-electron chi connectivity index (χ3n) is 2.01. The summed E-state index contributed by atoms with van der Waals surface area (Å²) in [6.07, 6.45) is 0. The highest BCUT2D eigenvalue weighted by molar-refractivity contribution is 9.10. The molecule has 0 aliphatic carbocycles. The van der Waals surface area contributed by atoms with Crippen LogP contribution >= 0.6 is 50.5 Å². The topological polar surface area (TPSA) is 12.0 Å². The Morgan fingerprint density at radius 1 is 1.25 bits per heavy atom. The molecule has 1 aromatic carbocycles. The predicted molar refractivity (Wildman–Crippen MR) is 75.8 cm³/mol. The van der Waals surface area contributed by atoms with E-state index in [1.165, 1.54) is 4.88 Å². The molecule has 1 aromatic heterocycles. The largest absolute Gasteiger partial charge is 0.380 e. The summed E-state index contributed by atoms with van der Waals surface area (Å²) >= 11 is 16.8. The predicted octanol–water partition coefficient (Wildman–Crippen LogP) is 5.43. The lowest BCUT2D eigenvalue weighted by atomic mass is 10.3. The smallest absolute Gasteiger partial charge is 0.0568 e. The molecule has 0 fully saturated rings. The lowest BCUT2D eigenvalue weighted by molar-refractivity contribution is 1.19. The molecule has 1 N–H and O–H groups in total. The Hall–Kier alpha value is -0.220. The van der Waals surface area contributed by atoms with Gasteiger partial charge in [-0.1, -0.05) is 23.2 Å². The molecule has 2 rings (SSSR count). The summed E-state index contributed by atoms with van der Waals surface area (Å²) < 4.78 is 0.902. The number of rotatable bonds is 3. The zero-order chi connectivity index (χ0) is 11.5. The van der Waals surface area contributed by atoms with Gasteiger partial charge in [-0.3, -0.25) is 0 Å². The number of thiophene rings is 1. The maximum Gasteiger partial charge on any atom is 0.0568 e. The highest BCUT2D eigenvalue weighted by Crippen LogP contribution is 2.26. The van der Waals surface area contributed by atoms with Crippen molar-refractivity contribution in [3.8, 4) is 0 Å². The molecule has 1 nitrogen and oxygen atoms in total. The van der Waals surface area contributed by atoms with Gasteiger partial charge in [0, 0.05) is 27.0 Å². The van der Waals surface area contributed by atoms with Gasteiger partial charge >= 0.3 is 0 Å². The number of nitrogens with one attached hydrogen (secondary N) is 1. The zero-order valence-corrected chi connectivity index (χ0v) is 12.1. The minimum Gasteiger partial charge on any atom is -0.380 e. The van der Waals surface area contributed by atoms with E-state index in [1.54, 1.807) is 11.3 Å². The molecule has 5 heteroatoms. The third-order valence-corrected chi connectivity index (χ3v) is 4.52. The average molecular weight is 337 g/mol. The van der Waals surface area contributed by atoms with Crippen LogP contribution in [0, 0.1) is 0 Å². The van der Waals surface area contributed by atoms with Gasteiger partial charge in [0.1, 0.15) is 0 Å². The molecule has 0 aliphatic rings. The van der Waals surface area contributed by atoms with Crippen molar-refractivity contribution in [3.63, 3.8) is 0 Å². The molecule has 0 radical (unpaired) electrons. The van der Waals surface area contributed by atoms with Gasteiger partial charge in [0.15, 0.2) is 0 Å². The van der Waals surface area contributed by atoms with Crippen LogP contribution in [0.15, 0.2) is 34.1 Å². The number of hydrogen-bond donors (Lipinski definition) is 1. The van der Waals surface area contributed by atoms with Crippen LogP contribution in [0.3, 0.4) is 0 Å². The highest BCUT2D eigenvalue weighted by atomic mass is 79.9. The van der Waals surface area contributed by atoms with Crippen molar-refractivity contribution in [2.45, 2.75) is 6.54 Å². The molecule has 1 heterocycles. The molecule has 0 unspecified atom stereocenters. The molecule has 0 aliphatic heterocycles. The number of anilines is 1. The van der Waals surface area contributed by atoms with Crippen LogP contribution in [0.4, 0.5) is 5.69 Å². The first-order valence-electron chi connectivity index (χ1n) is 4.57. The van der Waals surface area contributed by atoms with E-state index in [1.807, 2.05) is 29.6 Å². The second-order valence-corrected chi connectivity index (χ2v) is 5.91. The summed E-state index contributed by atoms with van der Waals surface area (Å²) in [5, 5.41) is 6.70. The van der Waals surface area contributed by atoms with E-state index in [2.05, 4.69) is 21.2 Å². The molecule has 0 spiro atoms. The third kappa shape index (κ3) is 3.14. The fourth-order valence-electron chi connectivity index (χ4n) is 1.24. The Labute approximate surface area is 117 Å². The Morgan fingerprint density at radius 3 is 2.69 bits per heavy atom. The Kier molecular flexibility index (Phi) is 4.14. The Morgan fingerprint density at radius 2 is 2.06 bits per heavy atom. The number of halogens is 3. The second kappa shape index (κ2) is 5.41. The highest BCUT2D eigenvalue weighted by Gasteiger charge is 2.00. The van der Waals surface area contributed by atoms with E-state index >= 15 is 0 Å². The average Bonchev–Trinajstić information content (AvgIpc) is 2.66. The summed E-state index contributed by atoms with van der Waals surface area (Å²) in [5.74, 6) is 0. The van der Waals surface area contributed by atoms with E-state index < -0.39 is 0 Å². The van der Waals surface area contributed by atoms with Crippen LogP contribution in [0.25, 0.3) is 0 Å². The molecule has 2 aromatic rings. The van der Waals surface area contributed by atoms with E-state index in [-0.39, 0.29) is 0 Å². The van der Waals surface area contributed by atoms with Gasteiger partial charge in [0.05, 0.1) is 10.0 Å². The van der Waals surface area contributed by atoms with Crippen LogP contribution in [0.5, 0.6) is 0 Å². The van der Waals surface area contributed by atoms with Crippen molar-refractivity contribution < 1.29 is 0 Å². The molecule has 0 saturated carbocycles. The zero-order valence-electron chi connectivity index (χ0n) is 8.14. The minimum absolute atomic E-state index is 0.703. The lowest BCUT2D eigenvalue weighted by Gasteiger charge is -2.05. The maximum absolute atomic E-state index is 5.99. The summed E-state index contributed by atoms with van der Waals surface area (Å²) in [4.78, 5) is 1.20. The summed E-state index contributed by atoms with van der Waals surface area (Å²) in [6.45, 7) is 0.759. The van der Waals surface area contributed by atoms with Gasteiger partial charge in [-0.05, 0) is 40.2 Å². The fourth-order valence-corrected chi connectivity index (χ4v) is 2.68. The van der Waals surface area contributed by atoms with Crippen molar-refractivity contribution in [1.82, 2.24) is 0 Å². The van der Waals surface area contributed by atoms with Gasteiger partial charge in [-0.25, -0.2) is 0 Å². The molecule has 0 saturated heterocycles. The SMILES string of the molecule is Clc1csc(CNc2ccc(Br)c(Cl)c2)c1. The molecule has 84 valence electrons. The second-order valence-electron chi connectivity index (χ2n) is 3.21. The van der Waals surface area contributed by atoms with E-state index in [0.717, 1.165) is 21.7 Å². The number of hydrogen-bond acceptors (Lipinski definition) is 2. The summed E-state index contributed by atoms with van der Waals surface area (Å²) in [5.41, 5.74) is 0.998. The van der Waals surface area contributed by atoms with Crippen LogP contribution in [0.2, 0.25) is 10.0 Å². The molecular formula is C11H8BrCl2NS. The van der Waals surface area contributed by atoms with E-state index in [4.69, 9.17) is 23.2 Å². The summed E-state index contributed by atoms with van der Waals surface area (Å²) in [7, 11) is 0. The van der Waals surface area contributed by atoms with Gasteiger partial charge < -0.3 is 5.32 Å². The molecule has 0 atom stereocenters.